The molecule has 0 bridgehead atoms. The zero-order valence-electron chi connectivity index (χ0n) is 17.4. The molecule has 32 heavy (non-hydrogen) atoms. The first-order valence-electron chi connectivity index (χ1n) is 10.3. The van der Waals surface area contributed by atoms with E-state index in [-0.39, 0.29) is 5.76 Å². The summed E-state index contributed by atoms with van der Waals surface area (Å²) in [6.07, 6.45) is 0.831. The van der Waals surface area contributed by atoms with Gasteiger partial charge in [-0.3, -0.25) is 0 Å². The molecule has 1 aliphatic rings. The average Bonchev–Trinajstić information content (AvgIpc) is 3.28. The van der Waals surface area contributed by atoms with Crippen molar-refractivity contribution in [3.63, 3.8) is 0 Å². The third kappa shape index (κ3) is 3.37. The van der Waals surface area contributed by atoms with Crippen molar-refractivity contribution >= 4 is 34.0 Å². The first-order chi connectivity index (χ1) is 15.7. The minimum Gasteiger partial charge on any atom is -0.507 e. The van der Waals surface area contributed by atoms with Crippen molar-refractivity contribution in [1.82, 2.24) is 0 Å². The van der Waals surface area contributed by atoms with Crippen LogP contribution in [0.5, 0.6) is 5.75 Å². The van der Waals surface area contributed by atoms with Crippen LogP contribution in [0.3, 0.4) is 0 Å². The molecule has 1 aromatic heterocycles. The second kappa shape index (κ2) is 8.36. The molecule has 0 fully saturated rings. The van der Waals surface area contributed by atoms with E-state index in [0.717, 1.165) is 44.9 Å². The molecule has 2 heterocycles. The van der Waals surface area contributed by atoms with Crippen molar-refractivity contribution in [2.24, 2.45) is 0 Å². The van der Waals surface area contributed by atoms with E-state index in [1.54, 1.807) is 7.11 Å². The molecule has 158 valence electrons. The SMILES string of the molecule is COc1ccc(-c2ccccc2)cc1-c1csc2c1C(O)=C(c1ccccc1)C(C=O)N2. The lowest BCUT2D eigenvalue weighted by molar-refractivity contribution is -0.107. The third-order valence-electron chi connectivity index (χ3n) is 5.70. The zero-order valence-corrected chi connectivity index (χ0v) is 18.2. The number of aliphatic hydroxyl groups excluding tert-OH is 1. The van der Waals surface area contributed by atoms with Gasteiger partial charge in [0, 0.05) is 22.1 Å². The third-order valence-corrected chi connectivity index (χ3v) is 6.61. The molecule has 0 aliphatic carbocycles. The summed E-state index contributed by atoms with van der Waals surface area (Å²) in [5, 5.41) is 17.5. The van der Waals surface area contributed by atoms with Crippen molar-refractivity contribution in [1.29, 1.82) is 0 Å². The molecular formula is C27H21NO3S. The summed E-state index contributed by atoms with van der Waals surface area (Å²) >= 11 is 1.47. The van der Waals surface area contributed by atoms with Gasteiger partial charge in [0.25, 0.3) is 0 Å². The van der Waals surface area contributed by atoms with Crippen LogP contribution < -0.4 is 10.1 Å². The second-order valence-corrected chi connectivity index (χ2v) is 8.40. The van der Waals surface area contributed by atoms with Gasteiger partial charge >= 0.3 is 0 Å². The number of hydrogen-bond acceptors (Lipinski definition) is 5. The number of fused-ring (bicyclic) bond motifs is 1. The van der Waals surface area contributed by atoms with E-state index < -0.39 is 6.04 Å². The highest BCUT2D eigenvalue weighted by Crippen LogP contribution is 2.48. The van der Waals surface area contributed by atoms with Gasteiger partial charge in [0.2, 0.25) is 0 Å². The van der Waals surface area contributed by atoms with Gasteiger partial charge in [-0.1, -0.05) is 66.7 Å². The highest BCUT2D eigenvalue weighted by molar-refractivity contribution is 7.15. The van der Waals surface area contributed by atoms with Crippen molar-refractivity contribution in [3.05, 3.63) is 95.4 Å². The molecule has 5 heteroatoms. The van der Waals surface area contributed by atoms with Gasteiger partial charge in [0.1, 0.15) is 28.8 Å². The van der Waals surface area contributed by atoms with Crippen LogP contribution in [0.15, 0.2) is 84.2 Å². The maximum absolute atomic E-state index is 11.9. The van der Waals surface area contributed by atoms with Gasteiger partial charge < -0.3 is 20.0 Å². The summed E-state index contributed by atoms with van der Waals surface area (Å²) in [6.45, 7) is 0. The standard InChI is InChI=1S/C27H21NO3S/c1-31-23-13-12-19(17-8-4-2-5-9-17)14-20(23)21-16-32-27-25(21)26(30)24(22(15-29)28-27)18-10-6-3-7-11-18/h2-16,22,28,30H,1H3. The fourth-order valence-corrected chi connectivity index (χ4v) is 5.16. The van der Waals surface area contributed by atoms with Crippen molar-refractivity contribution in [2.75, 3.05) is 12.4 Å². The van der Waals surface area contributed by atoms with E-state index in [4.69, 9.17) is 4.74 Å². The molecular weight excluding hydrogens is 418 g/mol. The molecule has 2 N–H and O–H groups in total. The van der Waals surface area contributed by atoms with Crippen LogP contribution in [0, 0.1) is 0 Å². The molecule has 0 saturated heterocycles. The molecule has 5 rings (SSSR count). The fraction of sp³-hybridized carbons (Fsp3) is 0.0741. The lowest BCUT2D eigenvalue weighted by atomic mass is 9.89. The van der Waals surface area contributed by atoms with Gasteiger partial charge in [0.05, 0.1) is 12.7 Å². The van der Waals surface area contributed by atoms with Crippen LogP contribution in [0.25, 0.3) is 33.6 Å². The monoisotopic (exact) mass is 439 g/mol. The van der Waals surface area contributed by atoms with Gasteiger partial charge in [-0.15, -0.1) is 11.3 Å². The Morgan fingerprint density at radius 1 is 0.906 bits per heavy atom. The number of aldehydes is 1. The van der Waals surface area contributed by atoms with Crippen LogP contribution in [0.1, 0.15) is 11.1 Å². The van der Waals surface area contributed by atoms with E-state index in [9.17, 15) is 9.90 Å². The Hall–Kier alpha value is -3.83. The highest BCUT2D eigenvalue weighted by Gasteiger charge is 2.31. The summed E-state index contributed by atoms with van der Waals surface area (Å²) < 4.78 is 5.67. The number of aliphatic hydroxyl groups is 1. The van der Waals surface area contributed by atoms with Crippen LogP contribution in [0.2, 0.25) is 0 Å². The number of methoxy groups -OCH3 is 1. The Morgan fingerprint density at radius 2 is 1.59 bits per heavy atom. The minimum absolute atomic E-state index is 0.116. The molecule has 0 saturated carbocycles. The van der Waals surface area contributed by atoms with Gasteiger partial charge in [0.15, 0.2) is 0 Å². The molecule has 4 aromatic rings. The van der Waals surface area contributed by atoms with Crippen LogP contribution in [-0.2, 0) is 4.79 Å². The number of nitrogens with one attached hydrogen (secondary N) is 1. The molecule has 1 aliphatic heterocycles. The average molecular weight is 440 g/mol. The zero-order chi connectivity index (χ0) is 22.1. The summed E-state index contributed by atoms with van der Waals surface area (Å²) in [6, 6.07) is 25.1. The number of hydrogen-bond donors (Lipinski definition) is 2. The van der Waals surface area contributed by atoms with Crippen LogP contribution in [0.4, 0.5) is 5.00 Å². The van der Waals surface area contributed by atoms with E-state index >= 15 is 0 Å². The lowest BCUT2D eigenvalue weighted by Gasteiger charge is -2.25. The van der Waals surface area contributed by atoms with Gasteiger partial charge in [-0.05, 0) is 28.8 Å². The van der Waals surface area contributed by atoms with E-state index in [0.29, 0.717) is 11.1 Å². The summed E-state index contributed by atoms with van der Waals surface area (Å²) in [5.41, 5.74) is 5.98. The molecule has 1 unspecified atom stereocenters. The minimum atomic E-state index is -0.617. The predicted octanol–water partition coefficient (Wildman–Crippen LogP) is 6.51. The quantitative estimate of drug-likeness (QED) is 0.348. The van der Waals surface area contributed by atoms with E-state index in [1.165, 1.54) is 11.3 Å². The fourth-order valence-electron chi connectivity index (χ4n) is 4.16. The van der Waals surface area contributed by atoms with Crippen molar-refractivity contribution in [2.45, 2.75) is 6.04 Å². The largest absolute Gasteiger partial charge is 0.507 e. The smallest absolute Gasteiger partial charge is 0.146 e. The predicted molar refractivity (Wildman–Crippen MR) is 131 cm³/mol. The van der Waals surface area contributed by atoms with E-state index in [1.807, 2.05) is 66.0 Å². The van der Waals surface area contributed by atoms with Gasteiger partial charge in [-0.2, -0.15) is 0 Å². The van der Waals surface area contributed by atoms with Crippen LogP contribution in [-0.4, -0.2) is 24.5 Å². The topological polar surface area (TPSA) is 58.6 Å². The van der Waals surface area contributed by atoms with Crippen molar-refractivity contribution in [3.8, 4) is 28.0 Å². The second-order valence-electron chi connectivity index (χ2n) is 7.52. The maximum Gasteiger partial charge on any atom is 0.146 e. The first kappa shape index (κ1) is 20.1. The van der Waals surface area contributed by atoms with E-state index in [2.05, 4.69) is 23.5 Å². The maximum atomic E-state index is 11.9. The number of thiophene rings is 1. The Kier molecular flexibility index (Phi) is 5.25. The normalized spacial score (nSPS) is 15.1. The van der Waals surface area contributed by atoms with Crippen molar-refractivity contribution < 1.29 is 14.6 Å². The molecule has 1 atom stereocenters. The summed E-state index contributed by atoms with van der Waals surface area (Å²) in [7, 11) is 1.64. The number of rotatable bonds is 5. The summed E-state index contributed by atoms with van der Waals surface area (Å²) in [4.78, 5) is 11.9. The molecule has 4 nitrogen and oxygen atoms in total. The number of ether oxygens (including phenoxy) is 1. The number of anilines is 1. The molecule has 0 spiro atoms. The molecule has 3 aromatic carbocycles. The molecule has 0 amide bonds. The Morgan fingerprint density at radius 3 is 2.25 bits per heavy atom. The Labute approximate surface area is 190 Å². The number of carbonyl (C=O) groups excluding carboxylic acids is 1. The number of benzene rings is 3. The highest BCUT2D eigenvalue weighted by atomic mass is 32.1. The Bertz CT molecular complexity index is 1310. The summed E-state index contributed by atoms with van der Waals surface area (Å²) in [5.74, 6) is 0.835. The Balaban J connectivity index is 1.71. The molecule has 0 radical (unpaired) electrons. The van der Waals surface area contributed by atoms with Gasteiger partial charge in [-0.25, -0.2) is 0 Å². The number of carbonyl (C=O) groups is 1. The first-order valence-corrected chi connectivity index (χ1v) is 11.1. The van der Waals surface area contributed by atoms with Crippen LogP contribution >= 0.6 is 11.3 Å². The lowest BCUT2D eigenvalue weighted by Crippen LogP contribution is -2.27.